The van der Waals surface area contributed by atoms with E-state index in [9.17, 15) is 9.18 Å². The lowest BCUT2D eigenvalue weighted by molar-refractivity contribution is 0.0949. The van der Waals surface area contributed by atoms with Crippen LogP contribution in [0.3, 0.4) is 0 Å². The first-order valence-electron chi connectivity index (χ1n) is 7.54. The Labute approximate surface area is 128 Å². The fraction of sp³-hybridized carbons (Fsp3) is 0.375. The van der Waals surface area contributed by atoms with E-state index in [1.165, 1.54) is 29.8 Å². The van der Waals surface area contributed by atoms with Crippen LogP contribution in [0.1, 0.15) is 23.2 Å². The third-order valence-electron chi connectivity index (χ3n) is 3.86. The average molecular weight is 302 g/mol. The Hall–Kier alpha value is -2.21. The summed E-state index contributed by atoms with van der Waals surface area (Å²) < 4.78 is 15.1. The SMILES string of the molecule is O=C(NCCN1CCCC1)c1cnn(-c2ccccc2F)c1. The van der Waals surface area contributed by atoms with Crippen molar-refractivity contribution in [3.05, 3.63) is 48.0 Å². The maximum Gasteiger partial charge on any atom is 0.254 e. The number of carbonyl (C=O) groups is 1. The lowest BCUT2D eigenvalue weighted by Gasteiger charge is -2.14. The molecule has 0 bridgehead atoms. The zero-order valence-electron chi connectivity index (χ0n) is 12.3. The fourth-order valence-corrected chi connectivity index (χ4v) is 2.65. The van der Waals surface area contributed by atoms with Crippen molar-refractivity contribution in [1.29, 1.82) is 0 Å². The Morgan fingerprint density at radius 1 is 1.27 bits per heavy atom. The van der Waals surface area contributed by atoms with E-state index in [0.717, 1.165) is 19.6 Å². The largest absolute Gasteiger partial charge is 0.351 e. The Kier molecular flexibility index (Phi) is 4.48. The number of hydrogen-bond donors (Lipinski definition) is 1. The zero-order chi connectivity index (χ0) is 15.4. The lowest BCUT2D eigenvalue weighted by atomic mass is 10.3. The van der Waals surface area contributed by atoms with Gasteiger partial charge in [0.05, 0.1) is 11.8 Å². The van der Waals surface area contributed by atoms with E-state index in [1.807, 2.05) is 0 Å². The number of carbonyl (C=O) groups excluding carboxylic acids is 1. The maximum atomic E-state index is 13.7. The summed E-state index contributed by atoms with van der Waals surface area (Å²) in [5, 5.41) is 6.94. The molecule has 1 fully saturated rings. The van der Waals surface area contributed by atoms with Crippen LogP contribution in [0.25, 0.3) is 5.69 Å². The first-order chi connectivity index (χ1) is 10.7. The van der Waals surface area contributed by atoms with E-state index in [-0.39, 0.29) is 11.7 Å². The average Bonchev–Trinajstić information content (AvgIpc) is 3.19. The monoisotopic (exact) mass is 302 g/mol. The molecule has 1 aliphatic rings. The zero-order valence-corrected chi connectivity index (χ0v) is 12.3. The van der Waals surface area contributed by atoms with Crippen molar-refractivity contribution < 1.29 is 9.18 Å². The number of aromatic nitrogens is 2. The van der Waals surface area contributed by atoms with Gasteiger partial charge in [0.25, 0.3) is 5.91 Å². The summed E-state index contributed by atoms with van der Waals surface area (Å²) in [5.41, 5.74) is 0.767. The van der Waals surface area contributed by atoms with E-state index >= 15 is 0 Å². The molecule has 6 heteroatoms. The van der Waals surface area contributed by atoms with Gasteiger partial charge < -0.3 is 10.2 Å². The van der Waals surface area contributed by atoms with Crippen LogP contribution in [0.2, 0.25) is 0 Å². The summed E-state index contributed by atoms with van der Waals surface area (Å²) in [6, 6.07) is 6.34. The van der Waals surface area contributed by atoms with Crippen molar-refractivity contribution in [3.63, 3.8) is 0 Å². The van der Waals surface area contributed by atoms with Crippen LogP contribution in [0.15, 0.2) is 36.7 Å². The molecule has 5 nitrogen and oxygen atoms in total. The predicted octanol–water partition coefficient (Wildman–Crippen LogP) is 1.84. The molecular weight excluding hydrogens is 283 g/mol. The number of para-hydroxylation sites is 1. The maximum absolute atomic E-state index is 13.7. The predicted molar refractivity (Wildman–Crippen MR) is 81.5 cm³/mol. The van der Waals surface area contributed by atoms with E-state index in [2.05, 4.69) is 15.3 Å². The van der Waals surface area contributed by atoms with Crippen LogP contribution in [-0.2, 0) is 0 Å². The highest BCUT2D eigenvalue weighted by Crippen LogP contribution is 2.12. The molecule has 0 radical (unpaired) electrons. The summed E-state index contributed by atoms with van der Waals surface area (Å²) >= 11 is 0. The van der Waals surface area contributed by atoms with Crippen molar-refractivity contribution in [2.24, 2.45) is 0 Å². The standard InChI is InChI=1S/C16H19FN4O/c17-14-5-1-2-6-15(14)21-12-13(11-19-21)16(22)18-7-10-20-8-3-4-9-20/h1-2,5-6,11-12H,3-4,7-10H2,(H,18,22). The van der Waals surface area contributed by atoms with Crippen LogP contribution >= 0.6 is 0 Å². The molecule has 1 aromatic heterocycles. The van der Waals surface area contributed by atoms with Crippen LogP contribution in [-0.4, -0.2) is 46.8 Å². The molecule has 0 saturated carbocycles. The van der Waals surface area contributed by atoms with Gasteiger partial charge in [-0.1, -0.05) is 12.1 Å². The minimum absolute atomic E-state index is 0.179. The molecule has 1 aromatic carbocycles. The van der Waals surface area contributed by atoms with Crippen LogP contribution in [0.5, 0.6) is 0 Å². The van der Waals surface area contributed by atoms with Crippen LogP contribution in [0, 0.1) is 5.82 Å². The molecule has 0 unspecified atom stereocenters. The Morgan fingerprint density at radius 2 is 2.05 bits per heavy atom. The Morgan fingerprint density at radius 3 is 2.82 bits per heavy atom. The van der Waals surface area contributed by atoms with E-state index < -0.39 is 0 Å². The van der Waals surface area contributed by atoms with E-state index in [4.69, 9.17) is 0 Å². The first-order valence-corrected chi connectivity index (χ1v) is 7.54. The number of nitrogens with one attached hydrogen (secondary N) is 1. The van der Waals surface area contributed by atoms with Gasteiger partial charge in [-0.2, -0.15) is 5.10 Å². The van der Waals surface area contributed by atoms with Crippen molar-refractivity contribution in [1.82, 2.24) is 20.0 Å². The second kappa shape index (κ2) is 6.70. The number of amides is 1. The van der Waals surface area contributed by atoms with Gasteiger partial charge in [0, 0.05) is 19.3 Å². The Balaban J connectivity index is 1.58. The molecule has 1 amide bonds. The lowest BCUT2D eigenvalue weighted by Crippen LogP contribution is -2.33. The van der Waals surface area contributed by atoms with Crippen molar-refractivity contribution >= 4 is 5.91 Å². The summed E-state index contributed by atoms with van der Waals surface area (Å²) in [7, 11) is 0. The number of likely N-dealkylation sites (tertiary alicyclic amines) is 1. The summed E-state index contributed by atoms with van der Waals surface area (Å²) in [4.78, 5) is 14.4. The summed E-state index contributed by atoms with van der Waals surface area (Å²) in [6.07, 6.45) is 5.48. The second-order valence-electron chi connectivity index (χ2n) is 5.43. The first kappa shape index (κ1) is 14.7. The van der Waals surface area contributed by atoms with Gasteiger partial charge in [-0.05, 0) is 38.1 Å². The summed E-state index contributed by atoms with van der Waals surface area (Å²) in [5.74, 6) is -0.548. The van der Waals surface area contributed by atoms with Crippen LogP contribution in [0.4, 0.5) is 4.39 Å². The second-order valence-corrected chi connectivity index (χ2v) is 5.43. The van der Waals surface area contributed by atoms with Gasteiger partial charge in [0.15, 0.2) is 0 Å². The minimum Gasteiger partial charge on any atom is -0.351 e. The van der Waals surface area contributed by atoms with Gasteiger partial charge in [0.2, 0.25) is 0 Å². The molecule has 1 N–H and O–H groups in total. The quantitative estimate of drug-likeness (QED) is 0.917. The van der Waals surface area contributed by atoms with Crippen molar-refractivity contribution in [2.75, 3.05) is 26.2 Å². The topological polar surface area (TPSA) is 50.2 Å². The molecular formula is C16H19FN4O. The highest BCUT2D eigenvalue weighted by molar-refractivity contribution is 5.93. The molecule has 2 aromatic rings. The van der Waals surface area contributed by atoms with E-state index in [0.29, 0.717) is 17.8 Å². The molecule has 0 spiro atoms. The molecule has 0 atom stereocenters. The highest BCUT2D eigenvalue weighted by Gasteiger charge is 2.13. The van der Waals surface area contributed by atoms with Crippen LogP contribution < -0.4 is 5.32 Å². The third kappa shape index (κ3) is 3.33. The number of rotatable bonds is 5. The molecule has 116 valence electrons. The van der Waals surface area contributed by atoms with E-state index in [1.54, 1.807) is 24.4 Å². The molecule has 3 rings (SSSR count). The normalized spacial score (nSPS) is 15.1. The molecule has 1 aliphatic heterocycles. The third-order valence-corrected chi connectivity index (χ3v) is 3.86. The van der Waals surface area contributed by atoms with Crippen molar-refractivity contribution in [2.45, 2.75) is 12.8 Å². The van der Waals surface area contributed by atoms with Gasteiger partial charge in [-0.25, -0.2) is 9.07 Å². The molecule has 0 aliphatic carbocycles. The molecule has 22 heavy (non-hydrogen) atoms. The number of nitrogens with zero attached hydrogens (tertiary/aromatic N) is 3. The minimum atomic E-state index is -0.369. The molecule has 1 saturated heterocycles. The number of halogens is 1. The Bertz CT molecular complexity index is 649. The summed E-state index contributed by atoms with van der Waals surface area (Å²) in [6.45, 7) is 3.71. The highest BCUT2D eigenvalue weighted by atomic mass is 19.1. The fourth-order valence-electron chi connectivity index (χ4n) is 2.65. The number of benzene rings is 1. The molecule has 2 heterocycles. The van der Waals surface area contributed by atoms with Crippen molar-refractivity contribution in [3.8, 4) is 5.69 Å². The van der Waals surface area contributed by atoms with Gasteiger partial charge in [0.1, 0.15) is 11.5 Å². The van der Waals surface area contributed by atoms with Gasteiger partial charge in [-0.3, -0.25) is 4.79 Å². The number of hydrogen-bond acceptors (Lipinski definition) is 3. The van der Waals surface area contributed by atoms with Gasteiger partial charge >= 0.3 is 0 Å². The smallest absolute Gasteiger partial charge is 0.254 e. The van der Waals surface area contributed by atoms with Gasteiger partial charge in [-0.15, -0.1) is 0 Å².